The number of hydrogen-bond donors (Lipinski definition) is 1. The lowest BCUT2D eigenvalue weighted by atomic mass is 10.1. The molecule has 1 heterocycles. The Bertz CT molecular complexity index is 771. The third-order valence-corrected chi connectivity index (χ3v) is 4.00. The van der Waals surface area contributed by atoms with Crippen molar-refractivity contribution in [2.24, 2.45) is 0 Å². The van der Waals surface area contributed by atoms with Crippen LogP contribution in [0.1, 0.15) is 42.4 Å². The van der Waals surface area contributed by atoms with E-state index in [9.17, 15) is 4.79 Å². The molecule has 0 unspecified atom stereocenters. The predicted molar refractivity (Wildman–Crippen MR) is 101 cm³/mol. The highest BCUT2D eigenvalue weighted by Crippen LogP contribution is 2.19. The van der Waals surface area contributed by atoms with Crippen LogP contribution in [0.15, 0.2) is 42.6 Å². The molecule has 130 valence electrons. The molecule has 0 N–H and O–H groups in total. The van der Waals surface area contributed by atoms with Crippen LogP contribution in [-0.4, -0.2) is 28.9 Å². The van der Waals surface area contributed by atoms with E-state index in [4.69, 9.17) is 9.47 Å². The van der Waals surface area contributed by atoms with Gasteiger partial charge in [0.1, 0.15) is 17.0 Å². The molecule has 0 saturated carbocycles. The summed E-state index contributed by atoms with van der Waals surface area (Å²) in [7, 11) is 0. The zero-order valence-electron chi connectivity index (χ0n) is 14.6. The summed E-state index contributed by atoms with van der Waals surface area (Å²) >= 11 is 4.27. The summed E-state index contributed by atoms with van der Waals surface area (Å²) in [5.41, 5.74) is 1.54. The molecule has 0 aliphatic heterocycles. The highest BCUT2D eigenvalue weighted by molar-refractivity contribution is 7.80. The zero-order chi connectivity index (χ0) is 18.3. The second-order valence-electron chi connectivity index (χ2n) is 5.95. The molecule has 4 nitrogen and oxygen atoms in total. The van der Waals surface area contributed by atoms with Crippen molar-refractivity contribution in [3.8, 4) is 17.6 Å². The van der Waals surface area contributed by atoms with Gasteiger partial charge in [0.25, 0.3) is 0 Å². The van der Waals surface area contributed by atoms with Gasteiger partial charge in [-0.3, -0.25) is 0 Å². The quantitative estimate of drug-likeness (QED) is 0.504. The third-order valence-electron chi connectivity index (χ3n) is 3.24. The summed E-state index contributed by atoms with van der Waals surface area (Å²) in [5.74, 6) is 7.04. The molecule has 0 bridgehead atoms. The second-order valence-corrected chi connectivity index (χ2v) is 6.26. The maximum absolute atomic E-state index is 11.6. The van der Waals surface area contributed by atoms with Crippen molar-refractivity contribution in [1.29, 1.82) is 0 Å². The molecule has 1 aromatic carbocycles. The van der Waals surface area contributed by atoms with Gasteiger partial charge in [-0.1, -0.05) is 5.92 Å². The maximum Gasteiger partial charge on any atom is 0.339 e. The number of hydrogen-bond acceptors (Lipinski definition) is 5. The molecule has 0 atom stereocenters. The summed E-state index contributed by atoms with van der Waals surface area (Å²) in [5, 5.41) is 0. The maximum atomic E-state index is 11.6. The molecule has 0 radical (unpaired) electrons. The lowest BCUT2D eigenvalue weighted by molar-refractivity contribution is 0.0526. The molecule has 0 amide bonds. The Morgan fingerprint density at radius 1 is 1.16 bits per heavy atom. The van der Waals surface area contributed by atoms with Crippen LogP contribution in [0.5, 0.6) is 5.75 Å². The number of benzene rings is 1. The largest absolute Gasteiger partial charge is 0.487 e. The van der Waals surface area contributed by atoms with E-state index in [0.717, 1.165) is 11.3 Å². The number of rotatable bonds is 5. The first kappa shape index (κ1) is 18.9. The van der Waals surface area contributed by atoms with Crippen LogP contribution in [0.3, 0.4) is 0 Å². The number of carbonyl (C=O) groups is 1. The van der Waals surface area contributed by atoms with E-state index in [2.05, 4.69) is 29.5 Å². The van der Waals surface area contributed by atoms with Gasteiger partial charge < -0.3 is 9.47 Å². The van der Waals surface area contributed by atoms with Crippen LogP contribution >= 0.6 is 12.6 Å². The molecular formula is C20H21NO3S. The summed E-state index contributed by atoms with van der Waals surface area (Å²) in [6.07, 6.45) is 1.47. The van der Waals surface area contributed by atoms with Gasteiger partial charge in [0, 0.05) is 17.5 Å². The fraction of sp³-hybridized carbons (Fsp3) is 0.300. The summed E-state index contributed by atoms with van der Waals surface area (Å²) in [6, 6.07) is 10.9. The number of pyridine rings is 1. The first-order valence-corrected chi connectivity index (χ1v) is 8.62. The third kappa shape index (κ3) is 5.84. The highest BCUT2D eigenvalue weighted by Gasteiger charge is 2.16. The van der Waals surface area contributed by atoms with E-state index in [1.165, 1.54) is 6.20 Å². The van der Waals surface area contributed by atoms with Gasteiger partial charge in [0.15, 0.2) is 0 Å². The summed E-state index contributed by atoms with van der Waals surface area (Å²) in [6.45, 7) is 6.07. The minimum Gasteiger partial charge on any atom is -0.487 e. The number of carbonyl (C=O) groups excluding carboxylic acids is 1. The Labute approximate surface area is 154 Å². The van der Waals surface area contributed by atoms with Gasteiger partial charge >= 0.3 is 5.97 Å². The molecule has 0 aliphatic carbocycles. The molecule has 5 heteroatoms. The van der Waals surface area contributed by atoms with E-state index in [1.54, 1.807) is 19.1 Å². The Balaban J connectivity index is 2.04. The number of ether oxygens (including phenoxy) is 2. The van der Waals surface area contributed by atoms with Gasteiger partial charge in [-0.2, -0.15) is 12.6 Å². The Kier molecular flexibility index (Phi) is 6.49. The van der Waals surface area contributed by atoms with Crippen molar-refractivity contribution < 1.29 is 14.3 Å². The van der Waals surface area contributed by atoms with Gasteiger partial charge in [0.2, 0.25) is 0 Å². The minimum atomic E-state index is -0.380. The van der Waals surface area contributed by atoms with Crippen LogP contribution in [-0.2, 0) is 4.74 Å². The first-order chi connectivity index (χ1) is 11.9. The molecule has 0 spiro atoms. The average molecular weight is 355 g/mol. The molecular weight excluding hydrogens is 334 g/mol. The van der Waals surface area contributed by atoms with Crippen LogP contribution in [0.2, 0.25) is 0 Å². The van der Waals surface area contributed by atoms with Crippen molar-refractivity contribution in [1.82, 2.24) is 4.98 Å². The fourth-order valence-corrected chi connectivity index (χ4v) is 1.96. The van der Waals surface area contributed by atoms with E-state index in [-0.39, 0.29) is 11.6 Å². The van der Waals surface area contributed by atoms with Gasteiger partial charge in [-0.05, 0) is 63.1 Å². The number of aromatic nitrogens is 1. The number of thiol groups is 1. The fourth-order valence-electron chi connectivity index (χ4n) is 1.90. The number of esters is 1. The van der Waals surface area contributed by atoms with Gasteiger partial charge in [0.05, 0.1) is 12.2 Å². The van der Waals surface area contributed by atoms with Crippen LogP contribution in [0, 0.1) is 11.8 Å². The smallest absolute Gasteiger partial charge is 0.339 e. The standard InChI is InChI=1S/C20H21NO3S/c1-4-23-19(22)16-8-10-17(21-13-16)9-5-15-6-11-18(12-7-15)24-20(2,3)14-25/h6-8,10-13,25H,4,14H2,1-3H3. The van der Waals surface area contributed by atoms with E-state index in [0.29, 0.717) is 23.6 Å². The normalized spacial score (nSPS) is 10.6. The SMILES string of the molecule is CCOC(=O)c1ccc(C#Cc2ccc(OC(C)(C)CS)cc2)nc1. The van der Waals surface area contributed by atoms with Crippen molar-refractivity contribution >= 4 is 18.6 Å². The summed E-state index contributed by atoms with van der Waals surface area (Å²) in [4.78, 5) is 15.7. The van der Waals surface area contributed by atoms with Crippen molar-refractivity contribution in [2.75, 3.05) is 12.4 Å². The van der Waals surface area contributed by atoms with E-state index < -0.39 is 0 Å². The Morgan fingerprint density at radius 2 is 1.88 bits per heavy atom. The van der Waals surface area contributed by atoms with Crippen molar-refractivity contribution in [3.05, 3.63) is 59.4 Å². The van der Waals surface area contributed by atoms with E-state index >= 15 is 0 Å². The highest BCUT2D eigenvalue weighted by atomic mass is 32.1. The monoisotopic (exact) mass is 355 g/mol. The predicted octanol–water partition coefficient (Wildman–Crippen LogP) is 3.75. The van der Waals surface area contributed by atoms with Crippen molar-refractivity contribution in [3.63, 3.8) is 0 Å². The molecule has 0 fully saturated rings. The lowest BCUT2D eigenvalue weighted by Crippen LogP contribution is -2.30. The van der Waals surface area contributed by atoms with Crippen LogP contribution < -0.4 is 4.74 Å². The number of nitrogens with zero attached hydrogens (tertiary/aromatic N) is 1. The molecule has 25 heavy (non-hydrogen) atoms. The lowest BCUT2D eigenvalue weighted by Gasteiger charge is -2.24. The Hall–Kier alpha value is -2.45. The van der Waals surface area contributed by atoms with Gasteiger partial charge in [-0.15, -0.1) is 0 Å². The second kappa shape index (κ2) is 8.59. The minimum absolute atomic E-state index is 0.319. The zero-order valence-corrected chi connectivity index (χ0v) is 15.5. The van der Waals surface area contributed by atoms with Crippen LogP contribution in [0.25, 0.3) is 0 Å². The molecule has 2 rings (SSSR count). The molecule has 0 saturated heterocycles. The van der Waals surface area contributed by atoms with E-state index in [1.807, 2.05) is 38.1 Å². The average Bonchev–Trinajstić information content (AvgIpc) is 2.61. The topological polar surface area (TPSA) is 48.4 Å². The summed E-state index contributed by atoms with van der Waals surface area (Å²) < 4.78 is 10.8. The molecule has 1 aromatic heterocycles. The molecule has 0 aliphatic rings. The first-order valence-electron chi connectivity index (χ1n) is 7.98. The van der Waals surface area contributed by atoms with Crippen molar-refractivity contribution in [2.45, 2.75) is 26.4 Å². The Morgan fingerprint density at radius 3 is 2.44 bits per heavy atom. The van der Waals surface area contributed by atoms with Crippen LogP contribution in [0.4, 0.5) is 0 Å². The van der Waals surface area contributed by atoms with Gasteiger partial charge in [-0.25, -0.2) is 9.78 Å². The molecule has 2 aromatic rings.